The van der Waals surface area contributed by atoms with Crippen LogP contribution >= 0.6 is 0 Å². The van der Waals surface area contributed by atoms with Crippen LogP contribution in [0.5, 0.6) is 0 Å². The summed E-state index contributed by atoms with van der Waals surface area (Å²) < 4.78 is 5.48. The Morgan fingerprint density at radius 2 is 0.478 bits per heavy atom. The van der Waals surface area contributed by atoms with Crippen LogP contribution in [0.4, 0.5) is 0 Å². The molecular formula is C44H88O2. The van der Waals surface area contributed by atoms with Gasteiger partial charge in [-0.3, -0.25) is 4.79 Å². The zero-order chi connectivity index (χ0) is 33.3. The third-order valence-electron chi connectivity index (χ3n) is 10.2. The van der Waals surface area contributed by atoms with Gasteiger partial charge in [0.1, 0.15) is 0 Å². The van der Waals surface area contributed by atoms with Crippen molar-refractivity contribution in [3.8, 4) is 0 Å². The van der Waals surface area contributed by atoms with Gasteiger partial charge in [-0.15, -0.1) is 0 Å². The molecular weight excluding hydrogens is 560 g/mol. The molecule has 0 fully saturated rings. The zero-order valence-electron chi connectivity index (χ0n) is 32.3. The molecule has 0 spiro atoms. The quantitative estimate of drug-likeness (QED) is 0.0487. The summed E-state index contributed by atoms with van der Waals surface area (Å²) in [5.74, 6) is 0.0321. The van der Waals surface area contributed by atoms with Crippen molar-refractivity contribution in [2.24, 2.45) is 0 Å². The Hall–Kier alpha value is -0.530. The van der Waals surface area contributed by atoms with Gasteiger partial charge in [0.25, 0.3) is 0 Å². The number of carbonyl (C=O) groups excluding carboxylic acids is 1. The van der Waals surface area contributed by atoms with Gasteiger partial charge >= 0.3 is 5.97 Å². The standard InChI is InChI=1S/C44H88O2/c1-3-5-7-9-11-13-15-17-19-21-23-24-25-27-29-31-33-35-37-39-41-43-46-44(45)42-40-38-36-34-32-30-28-26-22-20-18-16-14-12-10-8-6-4-2/h3-43H2,1-2H3. The fourth-order valence-electron chi connectivity index (χ4n) is 6.96. The van der Waals surface area contributed by atoms with Crippen LogP contribution in [0.3, 0.4) is 0 Å². The molecule has 0 aliphatic carbocycles. The first-order chi connectivity index (χ1) is 22.8. The van der Waals surface area contributed by atoms with Crippen molar-refractivity contribution in [1.29, 1.82) is 0 Å². The Morgan fingerprint density at radius 3 is 0.717 bits per heavy atom. The van der Waals surface area contributed by atoms with E-state index in [-0.39, 0.29) is 5.97 Å². The monoisotopic (exact) mass is 649 g/mol. The first-order valence-electron chi connectivity index (χ1n) is 22.0. The van der Waals surface area contributed by atoms with Crippen molar-refractivity contribution in [2.75, 3.05) is 6.61 Å². The summed E-state index contributed by atoms with van der Waals surface area (Å²) in [6, 6.07) is 0. The van der Waals surface area contributed by atoms with Crippen LogP contribution in [0.15, 0.2) is 0 Å². The molecule has 0 aromatic carbocycles. The lowest BCUT2D eigenvalue weighted by Gasteiger charge is -2.06. The largest absolute Gasteiger partial charge is 0.466 e. The minimum absolute atomic E-state index is 0.0321. The number of rotatable bonds is 41. The maximum absolute atomic E-state index is 12.0. The minimum Gasteiger partial charge on any atom is -0.466 e. The highest BCUT2D eigenvalue weighted by Crippen LogP contribution is 2.17. The molecule has 0 bridgehead atoms. The molecule has 46 heavy (non-hydrogen) atoms. The number of ether oxygens (including phenoxy) is 1. The second kappa shape index (κ2) is 42.5. The molecule has 0 aliphatic rings. The second-order valence-electron chi connectivity index (χ2n) is 15.1. The van der Waals surface area contributed by atoms with Crippen LogP contribution in [0.2, 0.25) is 0 Å². The summed E-state index contributed by atoms with van der Waals surface area (Å²) in [6.07, 6.45) is 54.9. The Morgan fingerprint density at radius 1 is 0.283 bits per heavy atom. The highest BCUT2D eigenvalue weighted by molar-refractivity contribution is 5.69. The highest BCUT2D eigenvalue weighted by Gasteiger charge is 2.03. The molecule has 0 heterocycles. The molecule has 0 unspecified atom stereocenters. The molecule has 0 amide bonds. The SMILES string of the molecule is CCCCCCCCCCCCCCCCCCCCCCCOC(=O)CCCCCCCCCCCCCCCCCCCC. The van der Waals surface area contributed by atoms with Gasteiger partial charge in [-0.25, -0.2) is 0 Å². The molecule has 0 saturated carbocycles. The van der Waals surface area contributed by atoms with Crippen molar-refractivity contribution < 1.29 is 9.53 Å². The van der Waals surface area contributed by atoms with E-state index in [0.29, 0.717) is 13.0 Å². The summed E-state index contributed by atoms with van der Waals surface area (Å²) in [5, 5.41) is 0. The van der Waals surface area contributed by atoms with E-state index >= 15 is 0 Å². The van der Waals surface area contributed by atoms with E-state index in [4.69, 9.17) is 4.74 Å². The van der Waals surface area contributed by atoms with Gasteiger partial charge in [0, 0.05) is 6.42 Å². The van der Waals surface area contributed by atoms with E-state index in [2.05, 4.69) is 13.8 Å². The predicted octanol–water partition coefficient (Wildman–Crippen LogP) is 16.2. The van der Waals surface area contributed by atoms with Crippen molar-refractivity contribution in [1.82, 2.24) is 0 Å². The first kappa shape index (κ1) is 45.5. The van der Waals surface area contributed by atoms with Crippen LogP contribution in [-0.2, 0) is 9.53 Å². The lowest BCUT2D eigenvalue weighted by molar-refractivity contribution is -0.143. The van der Waals surface area contributed by atoms with E-state index in [9.17, 15) is 4.79 Å². The predicted molar refractivity (Wildman–Crippen MR) is 207 cm³/mol. The van der Waals surface area contributed by atoms with Crippen LogP contribution < -0.4 is 0 Å². The van der Waals surface area contributed by atoms with Crippen molar-refractivity contribution >= 4 is 5.97 Å². The molecule has 0 aromatic heterocycles. The van der Waals surface area contributed by atoms with Gasteiger partial charge in [0.2, 0.25) is 0 Å². The maximum atomic E-state index is 12.0. The van der Waals surface area contributed by atoms with Crippen LogP contribution in [0.25, 0.3) is 0 Å². The van der Waals surface area contributed by atoms with E-state index in [1.54, 1.807) is 0 Å². The minimum atomic E-state index is 0.0321. The van der Waals surface area contributed by atoms with E-state index in [1.165, 1.54) is 238 Å². The van der Waals surface area contributed by atoms with E-state index in [1.807, 2.05) is 0 Å². The van der Waals surface area contributed by atoms with Gasteiger partial charge in [0.15, 0.2) is 0 Å². The molecule has 0 N–H and O–H groups in total. The average Bonchev–Trinajstić information content (AvgIpc) is 3.06. The lowest BCUT2D eigenvalue weighted by atomic mass is 10.0. The van der Waals surface area contributed by atoms with Gasteiger partial charge in [-0.05, 0) is 12.8 Å². The molecule has 0 aliphatic heterocycles. The van der Waals surface area contributed by atoms with Crippen LogP contribution in [0, 0.1) is 0 Å². The first-order valence-corrected chi connectivity index (χ1v) is 22.0. The topological polar surface area (TPSA) is 26.3 Å². The number of hydrogen-bond acceptors (Lipinski definition) is 2. The summed E-state index contributed by atoms with van der Waals surface area (Å²) in [7, 11) is 0. The van der Waals surface area contributed by atoms with Crippen molar-refractivity contribution in [3.05, 3.63) is 0 Å². The Balaban J connectivity index is 3.14. The third-order valence-corrected chi connectivity index (χ3v) is 10.2. The molecule has 0 rings (SSSR count). The molecule has 2 heteroatoms. The van der Waals surface area contributed by atoms with E-state index in [0.717, 1.165) is 12.8 Å². The molecule has 276 valence electrons. The number of hydrogen-bond donors (Lipinski definition) is 0. The average molecular weight is 649 g/mol. The van der Waals surface area contributed by atoms with Gasteiger partial charge in [-0.2, -0.15) is 0 Å². The summed E-state index contributed by atoms with van der Waals surface area (Å²) in [4.78, 5) is 12.0. The van der Waals surface area contributed by atoms with Crippen molar-refractivity contribution in [2.45, 2.75) is 271 Å². The molecule has 0 atom stereocenters. The van der Waals surface area contributed by atoms with Crippen LogP contribution in [0.1, 0.15) is 271 Å². The number of unbranched alkanes of at least 4 members (excludes halogenated alkanes) is 37. The Kier molecular flexibility index (Phi) is 42.0. The summed E-state index contributed by atoms with van der Waals surface area (Å²) in [5.41, 5.74) is 0. The van der Waals surface area contributed by atoms with Gasteiger partial charge in [0.05, 0.1) is 6.61 Å². The number of esters is 1. The summed E-state index contributed by atoms with van der Waals surface area (Å²) >= 11 is 0. The molecule has 0 aromatic rings. The zero-order valence-corrected chi connectivity index (χ0v) is 32.3. The smallest absolute Gasteiger partial charge is 0.305 e. The Labute approximate surface area is 292 Å². The molecule has 2 nitrogen and oxygen atoms in total. The van der Waals surface area contributed by atoms with Crippen LogP contribution in [-0.4, -0.2) is 12.6 Å². The maximum Gasteiger partial charge on any atom is 0.305 e. The number of carbonyl (C=O) groups is 1. The van der Waals surface area contributed by atoms with Gasteiger partial charge in [-0.1, -0.05) is 251 Å². The normalized spacial score (nSPS) is 11.4. The fraction of sp³-hybridized carbons (Fsp3) is 0.977. The fourth-order valence-corrected chi connectivity index (χ4v) is 6.96. The van der Waals surface area contributed by atoms with E-state index < -0.39 is 0 Å². The highest BCUT2D eigenvalue weighted by atomic mass is 16.5. The van der Waals surface area contributed by atoms with Gasteiger partial charge < -0.3 is 4.74 Å². The third kappa shape index (κ3) is 41.5. The second-order valence-corrected chi connectivity index (χ2v) is 15.1. The lowest BCUT2D eigenvalue weighted by Crippen LogP contribution is -2.05. The molecule has 0 saturated heterocycles. The Bertz CT molecular complexity index is 544. The summed E-state index contributed by atoms with van der Waals surface area (Å²) in [6.45, 7) is 5.23. The van der Waals surface area contributed by atoms with Crippen molar-refractivity contribution in [3.63, 3.8) is 0 Å². The molecule has 0 radical (unpaired) electrons.